The summed E-state index contributed by atoms with van der Waals surface area (Å²) in [4.78, 5) is 2.88. The van der Waals surface area contributed by atoms with E-state index in [1.54, 1.807) is 0 Å². The van der Waals surface area contributed by atoms with E-state index in [9.17, 15) is 0 Å². The molecule has 20 heavy (non-hydrogen) atoms. The molecule has 1 heterocycles. The molecule has 116 valence electrons. The van der Waals surface area contributed by atoms with Crippen molar-refractivity contribution in [1.82, 2.24) is 10.2 Å². The van der Waals surface area contributed by atoms with Crippen LogP contribution in [0.5, 0.6) is 0 Å². The van der Waals surface area contributed by atoms with Crippen LogP contribution in [0.3, 0.4) is 0 Å². The highest BCUT2D eigenvalue weighted by atomic mass is 15.3. The minimum atomic E-state index is 0.478. The number of hydrogen-bond acceptors (Lipinski definition) is 2. The van der Waals surface area contributed by atoms with Crippen molar-refractivity contribution < 1.29 is 0 Å². The molecule has 2 aliphatic carbocycles. The van der Waals surface area contributed by atoms with Crippen molar-refractivity contribution >= 4 is 0 Å². The molecule has 1 aliphatic heterocycles. The minimum absolute atomic E-state index is 0.478. The van der Waals surface area contributed by atoms with E-state index in [1.807, 2.05) is 0 Å². The molecule has 3 fully saturated rings. The van der Waals surface area contributed by atoms with Crippen LogP contribution in [0.1, 0.15) is 71.6 Å². The number of nitrogens with zero attached hydrogens (tertiary/aromatic N) is 1. The van der Waals surface area contributed by atoms with Crippen LogP contribution < -0.4 is 5.32 Å². The monoisotopic (exact) mass is 278 g/mol. The molecule has 0 aromatic carbocycles. The highest BCUT2D eigenvalue weighted by Crippen LogP contribution is 2.36. The molecule has 3 rings (SSSR count). The first-order valence-electron chi connectivity index (χ1n) is 9.21. The van der Waals surface area contributed by atoms with E-state index < -0.39 is 0 Å². The zero-order chi connectivity index (χ0) is 14.0. The van der Waals surface area contributed by atoms with Gasteiger partial charge in [-0.1, -0.05) is 52.4 Å². The lowest BCUT2D eigenvalue weighted by molar-refractivity contribution is 0.0307. The molecule has 1 spiro atoms. The maximum absolute atomic E-state index is 3.99. The normalized spacial score (nSPS) is 32.4. The van der Waals surface area contributed by atoms with Crippen LogP contribution in [0, 0.1) is 11.8 Å². The van der Waals surface area contributed by atoms with Crippen LogP contribution >= 0.6 is 0 Å². The zero-order valence-electron chi connectivity index (χ0n) is 13.7. The summed E-state index contributed by atoms with van der Waals surface area (Å²) in [5.41, 5.74) is 0.478. The molecule has 0 aromatic heterocycles. The van der Waals surface area contributed by atoms with Gasteiger partial charge in [0.25, 0.3) is 0 Å². The Morgan fingerprint density at radius 3 is 2.60 bits per heavy atom. The first-order valence-corrected chi connectivity index (χ1v) is 9.21. The third kappa shape index (κ3) is 3.39. The fourth-order valence-corrected chi connectivity index (χ4v) is 4.41. The van der Waals surface area contributed by atoms with Gasteiger partial charge in [-0.3, -0.25) is 4.90 Å². The summed E-state index contributed by atoms with van der Waals surface area (Å²) in [6.45, 7) is 8.74. The van der Waals surface area contributed by atoms with Crippen molar-refractivity contribution in [3.63, 3.8) is 0 Å². The molecule has 1 saturated heterocycles. The van der Waals surface area contributed by atoms with Gasteiger partial charge < -0.3 is 5.32 Å². The molecule has 0 amide bonds. The van der Waals surface area contributed by atoms with Crippen molar-refractivity contribution in [2.45, 2.75) is 83.2 Å². The van der Waals surface area contributed by atoms with E-state index in [-0.39, 0.29) is 0 Å². The topological polar surface area (TPSA) is 15.3 Å². The van der Waals surface area contributed by atoms with Crippen molar-refractivity contribution in [3.8, 4) is 0 Å². The molecule has 3 aliphatic rings. The Kier molecular flexibility index (Phi) is 4.72. The van der Waals surface area contributed by atoms with Gasteiger partial charge in [0, 0.05) is 24.7 Å². The lowest BCUT2D eigenvalue weighted by Crippen LogP contribution is -2.66. The van der Waals surface area contributed by atoms with Gasteiger partial charge in [0.05, 0.1) is 0 Å². The van der Waals surface area contributed by atoms with E-state index in [2.05, 4.69) is 24.1 Å². The summed E-state index contributed by atoms with van der Waals surface area (Å²) in [6.07, 6.45) is 13.0. The highest BCUT2D eigenvalue weighted by molar-refractivity contribution is 5.00. The van der Waals surface area contributed by atoms with Crippen LogP contribution in [0.15, 0.2) is 0 Å². The molecule has 2 saturated carbocycles. The summed E-state index contributed by atoms with van der Waals surface area (Å²) in [6, 6.07) is 0.784. The van der Waals surface area contributed by atoms with Crippen LogP contribution in [0.25, 0.3) is 0 Å². The average molecular weight is 278 g/mol. The Labute approximate surface area is 125 Å². The van der Waals surface area contributed by atoms with E-state index in [0.29, 0.717) is 5.54 Å². The first kappa shape index (κ1) is 14.8. The zero-order valence-corrected chi connectivity index (χ0v) is 13.7. The summed E-state index contributed by atoms with van der Waals surface area (Å²) in [7, 11) is 0. The van der Waals surface area contributed by atoms with Crippen molar-refractivity contribution in [3.05, 3.63) is 0 Å². The van der Waals surface area contributed by atoms with Crippen LogP contribution in [0.4, 0.5) is 0 Å². The van der Waals surface area contributed by atoms with Gasteiger partial charge >= 0.3 is 0 Å². The molecular formula is C18H34N2. The highest BCUT2D eigenvalue weighted by Gasteiger charge is 2.41. The molecule has 2 unspecified atom stereocenters. The maximum Gasteiger partial charge on any atom is 0.0309 e. The van der Waals surface area contributed by atoms with Crippen LogP contribution in [0.2, 0.25) is 0 Å². The van der Waals surface area contributed by atoms with Crippen molar-refractivity contribution in [1.29, 1.82) is 0 Å². The third-order valence-corrected chi connectivity index (χ3v) is 6.29. The third-order valence-electron chi connectivity index (χ3n) is 6.29. The lowest BCUT2D eigenvalue weighted by atomic mass is 9.78. The molecule has 2 atom stereocenters. The Balaban J connectivity index is 1.63. The summed E-state index contributed by atoms with van der Waals surface area (Å²) >= 11 is 0. The number of nitrogens with one attached hydrogen (secondary N) is 1. The van der Waals surface area contributed by atoms with Crippen molar-refractivity contribution in [2.24, 2.45) is 11.8 Å². The van der Waals surface area contributed by atoms with Crippen LogP contribution in [-0.4, -0.2) is 36.1 Å². The number of rotatable bonds is 5. The predicted octanol–water partition coefficient (Wildman–Crippen LogP) is 3.81. The van der Waals surface area contributed by atoms with E-state index in [0.717, 1.165) is 17.9 Å². The molecule has 2 heteroatoms. The molecule has 0 aromatic rings. The summed E-state index contributed by atoms with van der Waals surface area (Å²) in [5.74, 6) is 1.91. The first-order chi connectivity index (χ1) is 9.72. The molecule has 2 nitrogen and oxygen atoms in total. The van der Waals surface area contributed by atoms with Gasteiger partial charge in [-0.2, -0.15) is 0 Å². The van der Waals surface area contributed by atoms with Crippen LogP contribution in [-0.2, 0) is 0 Å². The smallest absolute Gasteiger partial charge is 0.0309 e. The number of piperazine rings is 1. The van der Waals surface area contributed by atoms with Crippen molar-refractivity contribution in [2.75, 3.05) is 19.6 Å². The fourth-order valence-electron chi connectivity index (χ4n) is 4.41. The van der Waals surface area contributed by atoms with E-state index in [1.165, 1.54) is 77.4 Å². The summed E-state index contributed by atoms with van der Waals surface area (Å²) < 4.78 is 0. The summed E-state index contributed by atoms with van der Waals surface area (Å²) in [5, 5.41) is 3.99. The van der Waals surface area contributed by atoms with E-state index in [4.69, 9.17) is 0 Å². The second-order valence-corrected chi connectivity index (χ2v) is 7.88. The maximum atomic E-state index is 3.99. The fraction of sp³-hybridized carbons (Fsp3) is 1.00. The van der Waals surface area contributed by atoms with Gasteiger partial charge in [-0.05, 0) is 37.6 Å². The lowest BCUT2D eigenvalue weighted by Gasteiger charge is -2.51. The molecule has 1 N–H and O–H groups in total. The largest absolute Gasteiger partial charge is 0.308 e. The Morgan fingerprint density at radius 2 is 1.95 bits per heavy atom. The Bertz CT molecular complexity index is 305. The molecule has 0 radical (unpaired) electrons. The van der Waals surface area contributed by atoms with E-state index >= 15 is 0 Å². The SMILES string of the molecule is CCC(C)C1CNC2(CCCCC2)CN1CCC1CC1. The Hall–Kier alpha value is -0.0800. The average Bonchev–Trinajstić information content (AvgIpc) is 3.29. The standard InChI is InChI=1S/C18H34N2/c1-3-15(2)17-13-19-18(10-5-4-6-11-18)14-20(17)12-9-16-7-8-16/h15-17,19H,3-14H2,1-2H3. The molecular weight excluding hydrogens is 244 g/mol. The number of hydrogen-bond donors (Lipinski definition) is 1. The van der Waals surface area contributed by atoms with Gasteiger partial charge in [0.1, 0.15) is 0 Å². The van der Waals surface area contributed by atoms with Gasteiger partial charge in [-0.15, -0.1) is 0 Å². The van der Waals surface area contributed by atoms with Gasteiger partial charge in [0.15, 0.2) is 0 Å². The second-order valence-electron chi connectivity index (χ2n) is 7.88. The minimum Gasteiger partial charge on any atom is -0.308 e. The van der Waals surface area contributed by atoms with Gasteiger partial charge in [-0.25, -0.2) is 0 Å². The Morgan fingerprint density at radius 1 is 1.20 bits per heavy atom. The van der Waals surface area contributed by atoms with Gasteiger partial charge in [0.2, 0.25) is 0 Å². The predicted molar refractivity (Wildman–Crippen MR) is 86.0 cm³/mol. The second kappa shape index (κ2) is 6.36. The molecule has 0 bridgehead atoms. The quantitative estimate of drug-likeness (QED) is 0.822.